The van der Waals surface area contributed by atoms with Gasteiger partial charge < -0.3 is 18.9 Å². The van der Waals surface area contributed by atoms with Crippen molar-refractivity contribution >= 4 is 45.0 Å². The zero-order chi connectivity index (χ0) is 32.2. The molecule has 0 radical (unpaired) electrons. The number of ether oxygens (including phenoxy) is 4. The molecule has 45 heavy (non-hydrogen) atoms. The summed E-state index contributed by atoms with van der Waals surface area (Å²) in [5, 5.41) is 12.2. The van der Waals surface area contributed by atoms with Crippen LogP contribution in [0.1, 0.15) is 36.6 Å². The minimum atomic E-state index is -0.872. The van der Waals surface area contributed by atoms with E-state index >= 15 is 0 Å². The van der Waals surface area contributed by atoms with E-state index in [0.717, 1.165) is 16.9 Å². The summed E-state index contributed by atoms with van der Waals surface area (Å²) in [5.74, 6) is 0.418. The van der Waals surface area contributed by atoms with Crippen LogP contribution in [0.2, 0.25) is 0 Å². The maximum absolute atomic E-state index is 14.0. The van der Waals surface area contributed by atoms with Gasteiger partial charge in [-0.25, -0.2) is 9.79 Å². The number of thiazole rings is 1. The minimum Gasteiger partial charge on any atom is -0.496 e. The van der Waals surface area contributed by atoms with Crippen molar-refractivity contribution in [3.05, 3.63) is 123 Å². The summed E-state index contributed by atoms with van der Waals surface area (Å²) in [6.45, 7) is 3.69. The molecule has 5 rings (SSSR count). The second kappa shape index (κ2) is 13.5. The Labute approximate surface area is 269 Å². The largest absolute Gasteiger partial charge is 0.496 e. The molecule has 0 bridgehead atoms. The standard InChI is InChI=1S/C32H28BrN3O8S/c1-5-43-31(38)28-18(2)34-32-35(29(28)20-11-12-24(41-3)22(33)13-20)30(37)27(45-32)15-21-14-25(42-4)26(16-23(21)36(39)40)44-17-19-9-7-6-8-10-19/h6-16,29H,5,17H2,1-4H3/b27-15+/t29-/m1/s1. The van der Waals surface area contributed by atoms with Crippen molar-refractivity contribution < 1.29 is 28.7 Å². The van der Waals surface area contributed by atoms with Crippen molar-refractivity contribution in [1.29, 1.82) is 0 Å². The monoisotopic (exact) mass is 693 g/mol. The predicted octanol–water partition coefficient (Wildman–Crippen LogP) is 5.07. The fraction of sp³-hybridized carbons (Fsp3) is 0.219. The van der Waals surface area contributed by atoms with Crippen molar-refractivity contribution in [2.45, 2.75) is 26.5 Å². The van der Waals surface area contributed by atoms with Gasteiger partial charge in [-0.1, -0.05) is 47.7 Å². The molecule has 1 aromatic heterocycles. The van der Waals surface area contributed by atoms with Gasteiger partial charge in [-0.05, 0) is 65.2 Å². The van der Waals surface area contributed by atoms with Crippen LogP contribution in [0, 0.1) is 10.1 Å². The van der Waals surface area contributed by atoms with Gasteiger partial charge in [0.25, 0.3) is 11.2 Å². The lowest BCUT2D eigenvalue weighted by Gasteiger charge is -2.25. The molecule has 1 aliphatic heterocycles. The highest BCUT2D eigenvalue weighted by molar-refractivity contribution is 9.10. The number of allylic oxidation sites excluding steroid dienone is 1. The van der Waals surface area contributed by atoms with Crippen molar-refractivity contribution in [2.75, 3.05) is 20.8 Å². The summed E-state index contributed by atoms with van der Waals surface area (Å²) >= 11 is 4.55. The Balaban J connectivity index is 1.66. The van der Waals surface area contributed by atoms with E-state index in [1.165, 1.54) is 37.0 Å². The summed E-state index contributed by atoms with van der Waals surface area (Å²) in [5.41, 5.74) is 1.47. The highest BCUT2D eigenvalue weighted by atomic mass is 79.9. The molecule has 0 N–H and O–H groups in total. The second-order valence-electron chi connectivity index (χ2n) is 9.79. The third-order valence-electron chi connectivity index (χ3n) is 7.04. The summed E-state index contributed by atoms with van der Waals surface area (Å²) in [7, 11) is 2.97. The molecule has 0 saturated heterocycles. The van der Waals surface area contributed by atoms with Crippen molar-refractivity contribution in [3.8, 4) is 17.2 Å². The number of carbonyl (C=O) groups excluding carboxylic acids is 1. The van der Waals surface area contributed by atoms with Crippen LogP contribution in [-0.4, -0.2) is 36.3 Å². The van der Waals surface area contributed by atoms with Crippen molar-refractivity contribution in [3.63, 3.8) is 0 Å². The molecule has 3 aromatic carbocycles. The molecule has 1 aliphatic rings. The van der Waals surface area contributed by atoms with Crippen LogP contribution >= 0.6 is 27.3 Å². The SMILES string of the molecule is CCOC(=O)C1=C(C)N=c2s/c(=C/c3cc(OC)c(OCc4ccccc4)cc3[N+](=O)[O-])c(=O)n2[C@@H]1c1ccc(OC)c(Br)c1. The highest BCUT2D eigenvalue weighted by Crippen LogP contribution is 2.37. The Hall–Kier alpha value is -4.75. The van der Waals surface area contributed by atoms with Crippen LogP contribution in [0.25, 0.3) is 6.08 Å². The third-order valence-corrected chi connectivity index (χ3v) is 8.64. The number of nitro benzene ring substituents is 1. The summed E-state index contributed by atoms with van der Waals surface area (Å²) in [6.07, 6.45) is 1.43. The molecule has 13 heteroatoms. The number of methoxy groups -OCH3 is 2. The molecule has 0 unspecified atom stereocenters. The molecule has 4 aromatic rings. The summed E-state index contributed by atoms with van der Waals surface area (Å²) in [6, 6.07) is 16.5. The second-order valence-corrected chi connectivity index (χ2v) is 11.7. The van der Waals surface area contributed by atoms with Crippen LogP contribution in [0.5, 0.6) is 17.2 Å². The Bertz CT molecular complexity index is 2000. The van der Waals surface area contributed by atoms with Crippen LogP contribution in [-0.2, 0) is 16.1 Å². The number of esters is 1. The number of benzene rings is 3. The first-order valence-electron chi connectivity index (χ1n) is 13.7. The smallest absolute Gasteiger partial charge is 0.338 e. The van der Waals surface area contributed by atoms with Crippen LogP contribution in [0.15, 0.2) is 86.2 Å². The number of halogens is 1. The van der Waals surface area contributed by atoms with Gasteiger partial charge in [-0.2, -0.15) is 0 Å². The number of carbonyl (C=O) groups is 1. The molecule has 2 heterocycles. The Morgan fingerprint density at radius 3 is 2.47 bits per heavy atom. The topological polar surface area (TPSA) is 131 Å². The summed E-state index contributed by atoms with van der Waals surface area (Å²) < 4.78 is 24.3. The quantitative estimate of drug-likeness (QED) is 0.128. The molecule has 0 fully saturated rings. The van der Waals surface area contributed by atoms with E-state index in [9.17, 15) is 19.7 Å². The van der Waals surface area contributed by atoms with Gasteiger partial charge in [-0.3, -0.25) is 19.5 Å². The number of nitrogens with zero attached hydrogens (tertiary/aromatic N) is 3. The molecular weight excluding hydrogens is 666 g/mol. The van der Waals surface area contributed by atoms with E-state index in [-0.39, 0.29) is 46.1 Å². The molecule has 11 nitrogen and oxygen atoms in total. The minimum absolute atomic E-state index is 0.135. The maximum Gasteiger partial charge on any atom is 0.338 e. The van der Waals surface area contributed by atoms with Crippen LogP contribution in [0.3, 0.4) is 0 Å². The Morgan fingerprint density at radius 1 is 1.09 bits per heavy atom. The average molecular weight is 695 g/mol. The number of rotatable bonds is 10. The number of fused-ring (bicyclic) bond motifs is 1. The Morgan fingerprint density at radius 2 is 1.82 bits per heavy atom. The van der Waals surface area contributed by atoms with Crippen LogP contribution in [0.4, 0.5) is 5.69 Å². The molecule has 1 atom stereocenters. The molecule has 232 valence electrons. The van der Waals surface area contributed by atoms with E-state index in [0.29, 0.717) is 26.3 Å². The fourth-order valence-corrected chi connectivity index (χ4v) is 6.54. The van der Waals surface area contributed by atoms with E-state index in [4.69, 9.17) is 18.9 Å². The zero-order valence-electron chi connectivity index (χ0n) is 24.7. The first kappa shape index (κ1) is 31.7. The van der Waals surface area contributed by atoms with Crippen LogP contribution < -0.4 is 29.1 Å². The van der Waals surface area contributed by atoms with Gasteiger partial charge in [0.05, 0.1) is 63.7 Å². The number of hydrogen-bond donors (Lipinski definition) is 0. The van der Waals surface area contributed by atoms with E-state index in [1.807, 2.05) is 30.3 Å². The molecule has 0 aliphatic carbocycles. The Kier molecular flexibility index (Phi) is 9.49. The number of aromatic nitrogens is 1. The normalized spacial score (nSPS) is 14.4. The van der Waals surface area contributed by atoms with E-state index in [2.05, 4.69) is 20.9 Å². The maximum atomic E-state index is 14.0. The lowest BCUT2D eigenvalue weighted by atomic mass is 9.96. The highest BCUT2D eigenvalue weighted by Gasteiger charge is 2.34. The fourth-order valence-electron chi connectivity index (χ4n) is 4.95. The lowest BCUT2D eigenvalue weighted by molar-refractivity contribution is -0.385. The van der Waals surface area contributed by atoms with Gasteiger partial charge in [-0.15, -0.1) is 0 Å². The van der Waals surface area contributed by atoms with Crippen molar-refractivity contribution in [1.82, 2.24) is 4.57 Å². The van der Waals surface area contributed by atoms with Gasteiger partial charge >= 0.3 is 5.97 Å². The van der Waals surface area contributed by atoms with Gasteiger partial charge in [0, 0.05) is 0 Å². The number of nitro groups is 1. The molecule has 0 spiro atoms. The van der Waals surface area contributed by atoms with Gasteiger partial charge in [0.2, 0.25) is 0 Å². The molecule has 0 amide bonds. The summed E-state index contributed by atoms with van der Waals surface area (Å²) in [4.78, 5) is 43.8. The molecule has 0 saturated carbocycles. The van der Waals surface area contributed by atoms with Crippen molar-refractivity contribution in [2.24, 2.45) is 4.99 Å². The first-order chi connectivity index (χ1) is 21.7. The van der Waals surface area contributed by atoms with E-state index < -0.39 is 22.5 Å². The predicted molar refractivity (Wildman–Crippen MR) is 172 cm³/mol. The lowest BCUT2D eigenvalue weighted by Crippen LogP contribution is -2.40. The third kappa shape index (κ3) is 6.40. The molecular formula is C32H28BrN3O8S. The number of hydrogen-bond acceptors (Lipinski definition) is 10. The van der Waals surface area contributed by atoms with E-state index in [1.54, 1.807) is 32.0 Å². The van der Waals surface area contributed by atoms with Gasteiger partial charge in [0.15, 0.2) is 16.3 Å². The van der Waals surface area contributed by atoms with Gasteiger partial charge in [0.1, 0.15) is 12.4 Å². The first-order valence-corrected chi connectivity index (χ1v) is 15.3. The average Bonchev–Trinajstić information content (AvgIpc) is 3.33. The zero-order valence-corrected chi connectivity index (χ0v) is 27.1.